The van der Waals surface area contributed by atoms with Gasteiger partial charge in [-0.2, -0.15) is 19.8 Å². The number of nitrogens with zero attached hydrogens (tertiary/aromatic N) is 13. The Morgan fingerprint density at radius 2 is 1.93 bits per heavy atom. The van der Waals surface area contributed by atoms with Gasteiger partial charge >= 0.3 is 0 Å². The van der Waals surface area contributed by atoms with Crippen molar-refractivity contribution in [2.45, 2.75) is 13.3 Å². The van der Waals surface area contributed by atoms with E-state index in [1.165, 1.54) is 9.69 Å². The fraction of sp³-hybridized carbons (Fsp3) is 0.417. The van der Waals surface area contributed by atoms with Crippen LogP contribution in [0, 0.1) is 0 Å². The third-order valence-corrected chi connectivity index (χ3v) is 3.35. The molecule has 15 nitrogen and oxygen atoms in total. The lowest BCUT2D eigenvalue weighted by Gasteiger charge is -2.03. The first-order chi connectivity index (χ1) is 13.0. The summed E-state index contributed by atoms with van der Waals surface area (Å²) in [5, 5.41) is 35.9. The minimum Gasteiger partial charge on any atom is -0.368 e. The average molecular weight is 371 g/mol. The predicted molar refractivity (Wildman–Crippen MR) is 93.5 cm³/mol. The van der Waals surface area contributed by atoms with Gasteiger partial charge in [0.25, 0.3) is 11.9 Å². The first kappa shape index (κ1) is 17.9. The Labute approximate surface area is 152 Å². The van der Waals surface area contributed by atoms with Crippen molar-refractivity contribution in [2.24, 2.45) is 15.3 Å². The standard InChI is InChI=1S/C12H17N15/c1-6(14-2)9-17-10(13)27(24-9)12-22-19-8(20-23-12)5-7-16-11(21-18-7)26(4)25-15-3/h5H2,1-4H3,(H2,13,17,24)(H,16,18,21). The molecule has 0 aliphatic rings. The third-order valence-electron chi connectivity index (χ3n) is 3.35. The molecule has 0 radical (unpaired) electrons. The van der Waals surface area contributed by atoms with E-state index < -0.39 is 0 Å². The Kier molecular flexibility index (Phi) is 5.00. The molecule has 0 fully saturated rings. The summed E-state index contributed by atoms with van der Waals surface area (Å²) in [5.41, 5.74) is 6.47. The Balaban J connectivity index is 1.75. The zero-order valence-corrected chi connectivity index (χ0v) is 15.1. The SMILES string of the molecule is CN=NN(C)c1n[nH]c(Cc2nnc(-n3nc(C(C)=NC)nc3N)nn2)n1. The smallest absolute Gasteiger partial charge is 0.292 e. The van der Waals surface area contributed by atoms with Crippen molar-refractivity contribution in [3.63, 3.8) is 0 Å². The summed E-state index contributed by atoms with van der Waals surface area (Å²) in [6.45, 7) is 1.77. The van der Waals surface area contributed by atoms with E-state index in [9.17, 15) is 0 Å². The normalized spacial score (nSPS) is 12.1. The second-order valence-electron chi connectivity index (χ2n) is 5.20. The van der Waals surface area contributed by atoms with Crippen LogP contribution in [0.3, 0.4) is 0 Å². The van der Waals surface area contributed by atoms with Crippen molar-refractivity contribution in [3.8, 4) is 5.95 Å². The molecule has 0 bridgehead atoms. The highest BCUT2D eigenvalue weighted by molar-refractivity contribution is 5.95. The second kappa shape index (κ2) is 7.54. The molecule has 3 rings (SSSR count). The van der Waals surface area contributed by atoms with Crippen molar-refractivity contribution in [1.82, 2.24) is 50.3 Å². The van der Waals surface area contributed by atoms with E-state index in [1.807, 2.05) is 0 Å². The van der Waals surface area contributed by atoms with Crippen LogP contribution in [0.5, 0.6) is 0 Å². The molecule has 0 unspecified atom stereocenters. The molecule has 3 N–H and O–H groups in total. The van der Waals surface area contributed by atoms with E-state index in [0.717, 1.165) is 0 Å². The highest BCUT2D eigenvalue weighted by Gasteiger charge is 2.15. The van der Waals surface area contributed by atoms with Crippen molar-refractivity contribution >= 4 is 17.6 Å². The molecule has 3 aromatic heterocycles. The van der Waals surface area contributed by atoms with Gasteiger partial charge in [-0.3, -0.25) is 10.1 Å². The lowest BCUT2D eigenvalue weighted by atomic mass is 10.4. The van der Waals surface area contributed by atoms with Crippen molar-refractivity contribution in [3.05, 3.63) is 17.5 Å². The minimum absolute atomic E-state index is 0.0975. The molecule has 0 saturated carbocycles. The number of rotatable bonds is 6. The monoisotopic (exact) mass is 371 g/mol. The Morgan fingerprint density at radius 3 is 2.59 bits per heavy atom. The van der Waals surface area contributed by atoms with Gasteiger partial charge in [0.05, 0.1) is 19.2 Å². The van der Waals surface area contributed by atoms with Gasteiger partial charge in [-0.05, 0) is 6.92 Å². The lowest BCUT2D eigenvalue weighted by Crippen LogP contribution is -2.12. The maximum absolute atomic E-state index is 5.84. The topological polar surface area (TPSA) is 190 Å². The van der Waals surface area contributed by atoms with Crippen LogP contribution in [0.15, 0.2) is 15.3 Å². The fourth-order valence-electron chi connectivity index (χ4n) is 1.96. The number of anilines is 2. The summed E-state index contributed by atoms with van der Waals surface area (Å²) < 4.78 is 1.24. The summed E-state index contributed by atoms with van der Waals surface area (Å²) in [6.07, 6.45) is 0.254. The number of aliphatic imine (C=N–C) groups is 1. The van der Waals surface area contributed by atoms with Crippen LogP contribution in [0.2, 0.25) is 0 Å². The van der Waals surface area contributed by atoms with Crippen molar-refractivity contribution in [2.75, 3.05) is 31.9 Å². The molecule has 15 heteroatoms. The zero-order chi connectivity index (χ0) is 19.4. The number of nitrogens with one attached hydrogen (secondary N) is 1. The van der Waals surface area contributed by atoms with Gasteiger partial charge in [0.1, 0.15) is 5.82 Å². The largest absolute Gasteiger partial charge is 0.368 e. The molecule has 0 aliphatic heterocycles. The Morgan fingerprint density at radius 1 is 1.19 bits per heavy atom. The van der Waals surface area contributed by atoms with E-state index in [4.69, 9.17) is 5.73 Å². The average Bonchev–Trinajstić information content (AvgIpc) is 3.29. The molecular formula is C12H17N15. The molecule has 0 aromatic carbocycles. The first-order valence-electron chi connectivity index (χ1n) is 7.69. The molecule has 3 aromatic rings. The van der Waals surface area contributed by atoms with E-state index in [-0.39, 0.29) is 18.3 Å². The van der Waals surface area contributed by atoms with E-state index in [2.05, 4.69) is 61.0 Å². The Hall–Kier alpha value is -3.91. The first-order valence-corrected chi connectivity index (χ1v) is 7.69. The molecule has 0 aliphatic carbocycles. The predicted octanol–water partition coefficient (Wildman–Crippen LogP) is -0.990. The minimum atomic E-state index is 0.0975. The molecule has 0 atom stereocenters. The summed E-state index contributed by atoms with van der Waals surface area (Å²) in [7, 11) is 4.87. The van der Waals surface area contributed by atoms with Gasteiger partial charge in [-0.15, -0.1) is 30.6 Å². The van der Waals surface area contributed by atoms with Crippen LogP contribution in [-0.2, 0) is 6.42 Å². The van der Waals surface area contributed by atoms with Crippen molar-refractivity contribution < 1.29 is 0 Å². The van der Waals surface area contributed by atoms with Gasteiger partial charge in [0.2, 0.25) is 5.95 Å². The number of H-pyrrole nitrogens is 1. The van der Waals surface area contributed by atoms with Gasteiger partial charge in [-0.1, -0.05) is 5.22 Å². The molecule has 140 valence electrons. The number of aromatic amines is 1. The quantitative estimate of drug-likeness (QED) is 0.309. The molecule has 27 heavy (non-hydrogen) atoms. The third kappa shape index (κ3) is 3.86. The maximum Gasteiger partial charge on any atom is 0.292 e. The highest BCUT2D eigenvalue weighted by atomic mass is 15.6. The van der Waals surface area contributed by atoms with Gasteiger partial charge in [0, 0.05) is 14.1 Å². The van der Waals surface area contributed by atoms with Crippen LogP contribution < -0.4 is 10.7 Å². The van der Waals surface area contributed by atoms with Crippen molar-refractivity contribution in [1.29, 1.82) is 0 Å². The Bertz CT molecular complexity index is 965. The zero-order valence-electron chi connectivity index (χ0n) is 15.1. The maximum atomic E-state index is 5.84. The van der Waals surface area contributed by atoms with Crippen LogP contribution in [0.4, 0.5) is 11.9 Å². The van der Waals surface area contributed by atoms with Crippen LogP contribution in [0.1, 0.15) is 24.4 Å². The number of nitrogens with two attached hydrogens (primary N) is 1. The molecule has 0 saturated heterocycles. The summed E-state index contributed by atoms with van der Waals surface area (Å²) in [4.78, 5) is 12.4. The molecule has 0 spiro atoms. The number of aromatic nitrogens is 10. The van der Waals surface area contributed by atoms with Crippen LogP contribution >= 0.6 is 0 Å². The van der Waals surface area contributed by atoms with E-state index in [1.54, 1.807) is 28.1 Å². The van der Waals surface area contributed by atoms with Crippen LogP contribution in [-0.4, -0.2) is 77.2 Å². The summed E-state index contributed by atoms with van der Waals surface area (Å²) in [5.74, 6) is 1.81. The van der Waals surface area contributed by atoms with Gasteiger partial charge in [-0.25, -0.2) is 5.01 Å². The number of hydrogen-bond acceptors (Lipinski definition) is 12. The highest BCUT2D eigenvalue weighted by Crippen LogP contribution is 2.09. The number of nitrogen functional groups attached to an aromatic ring is 1. The lowest BCUT2D eigenvalue weighted by molar-refractivity contribution is 0.694. The molecular weight excluding hydrogens is 354 g/mol. The summed E-state index contributed by atoms with van der Waals surface area (Å²) >= 11 is 0. The fourth-order valence-corrected chi connectivity index (χ4v) is 1.96. The van der Waals surface area contributed by atoms with Crippen LogP contribution in [0.25, 0.3) is 5.95 Å². The summed E-state index contributed by atoms with van der Waals surface area (Å²) in [6, 6.07) is 0. The van der Waals surface area contributed by atoms with Gasteiger partial charge < -0.3 is 5.73 Å². The van der Waals surface area contributed by atoms with E-state index in [0.29, 0.717) is 29.1 Å². The second-order valence-corrected chi connectivity index (χ2v) is 5.20. The van der Waals surface area contributed by atoms with Gasteiger partial charge in [0.15, 0.2) is 11.6 Å². The number of hydrogen-bond donors (Lipinski definition) is 2. The molecule has 0 amide bonds. The molecule has 3 heterocycles. The van der Waals surface area contributed by atoms with E-state index >= 15 is 0 Å².